The minimum Gasteiger partial charge on any atom is -0.508 e. The number of aromatic hydroxyl groups is 1. The summed E-state index contributed by atoms with van der Waals surface area (Å²) in [5.41, 5.74) is 0.476. The Balaban J connectivity index is 2.64. The summed E-state index contributed by atoms with van der Waals surface area (Å²) in [7, 11) is 0. The molecule has 0 aliphatic carbocycles. The van der Waals surface area contributed by atoms with Gasteiger partial charge in [0.25, 0.3) is 0 Å². The molecule has 20 heavy (non-hydrogen) atoms. The zero-order valence-electron chi connectivity index (χ0n) is 10.0. The Kier molecular flexibility index (Phi) is 5.01. The number of alkyl halides is 4. The molecule has 0 spiro atoms. The fourth-order valence-electron chi connectivity index (χ4n) is 1.23. The average Bonchev–Trinajstić information content (AvgIpc) is 2.37. The molecule has 0 radical (unpaired) electrons. The highest BCUT2D eigenvalue weighted by molar-refractivity contribution is 6.08. The van der Waals surface area contributed by atoms with Gasteiger partial charge in [-0.3, -0.25) is 9.59 Å². The van der Waals surface area contributed by atoms with Crippen LogP contribution in [0.4, 0.5) is 17.6 Å². The van der Waals surface area contributed by atoms with Crippen LogP contribution < -0.4 is 0 Å². The minimum atomic E-state index is -4.82. The zero-order chi connectivity index (χ0) is 15.3. The highest BCUT2D eigenvalue weighted by Gasteiger charge is 2.48. The fourth-order valence-corrected chi connectivity index (χ4v) is 1.23. The number of carbonyl (C=O) groups excluding carboxylic acids is 2. The largest absolute Gasteiger partial charge is 0.508 e. The van der Waals surface area contributed by atoms with Crippen molar-refractivity contribution >= 4 is 17.6 Å². The van der Waals surface area contributed by atoms with Crippen LogP contribution in [0.5, 0.6) is 5.75 Å². The number of rotatable bonds is 6. The smallest absolute Gasteiger partial charge is 0.364 e. The van der Waals surface area contributed by atoms with Gasteiger partial charge >= 0.3 is 12.3 Å². The van der Waals surface area contributed by atoms with Crippen molar-refractivity contribution in [2.75, 3.05) is 0 Å². The average molecular weight is 290 g/mol. The molecule has 0 heterocycles. The van der Waals surface area contributed by atoms with Crippen molar-refractivity contribution in [3.05, 3.63) is 35.9 Å². The molecule has 0 aliphatic heterocycles. The van der Waals surface area contributed by atoms with E-state index in [0.717, 1.165) is 6.08 Å². The highest BCUT2D eigenvalue weighted by Crippen LogP contribution is 2.25. The second-order valence-electron chi connectivity index (χ2n) is 3.91. The summed E-state index contributed by atoms with van der Waals surface area (Å²) >= 11 is 0. The Morgan fingerprint density at radius 2 is 1.75 bits per heavy atom. The van der Waals surface area contributed by atoms with Crippen molar-refractivity contribution in [3.8, 4) is 5.75 Å². The summed E-state index contributed by atoms with van der Waals surface area (Å²) in [6, 6.07) is 5.55. The lowest BCUT2D eigenvalue weighted by Crippen LogP contribution is -2.37. The van der Waals surface area contributed by atoms with Crippen molar-refractivity contribution in [3.63, 3.8) is 0 Å². The molecule has 3 nitrogen and oxygen atoms in total. The number of carbonyl (C=O) groups is 2. The molecule has 0 unspecified atom stereocenters. The van der Waals surface area contributed by atoms with Gasteiger partial charge in [0.2, 0.25) is 5.78 Å². The van der Waals surface area contributed by atoms with Gasteiger partial charge in [-0.25, -0.2) is 8.78 Å². The number of hydrogen-bond donors (Lipinski definition) is 1. The molecule has 0 amide bonds. The lowest BCUT2D eigenvalue weighted by Gasteiger charge is -2.12. The molecule has 0 saturated heterocycles. The van der Waals surface area contributed by atoms with Gasteiger partial charge in [-0.2, -0.15) is 8.78 Å². The van der Waals surface area contributed by atoms with E-state index in [2.05, 4.69) is 0 Å². The standard InChI is InChI=1S/C13H10F4O3/c14-12(15)13(16,17)11(20)7-10(19)6-3-8-1-4-9(18)5-2-8/h1-6,12,18H,7H2/b6-3+. The Labute approximate surface area is 111 Å². The summed E-state index contributed by atoms with van der Waals surface area (Å²) in [6.45, 7) is 0. The molecule has 1 rings (SSSR count). The lowest BCUT2D eigenvalue weighted by molar-refractivity contribution is -0.167. The fraction of sp³-hybridized carbons (Fsp3) is 0.231. The van der Waals surface area contributed by atoms with E-state index in [4.69, 9.17) is 5.11 Å². The SMILES string of the molecule is O=C(/C=C/c1ccc(O)cc1)CC(=O)C(F)(F)C(F)F. The van der Waals surface area contributed by atoms with Crippen LogP contribution in [0.25, 0.3) is 6.08 Å². The number of hydrogen-bond acceptors (Lipinski definition) is 3. The van der Waals surface area contributed by atoms with E-state index in [1.807, 2.05) is 0 Å². The number of ketones is 2. The summed E-state index contributed by atoms with van der Waals surface area (Å²) in [6.07, 6.45) is -3.38. The molecule has 1 N–H and O–H groups in total. The van der Waals surface area contributed by atoms with Crippen molar-refractivity contribution in [2.45, 2.75) is 18.8 Å². The van der Waals surface area contributed by atoms with Crippen LogP contribution in [0.1, 0.15) is 12.0 Å². The van der Waals surface area contributed by atoms with Crippen molar-refractivity contribution in [1.82, 2.24) is 0 Å². The van der Waals surface area contributed by atoms with E-state index in [1.54, 1.807) is 0 Å². The van der Waals surface area contributed by atoms with Gasteiger partial charge in [0.15, 0.2) is 5.78 Å². The van der Waals surface area contributed by atoms with Crippen LogP contribution in [0.3, 0.4) is 0 Å². The zero-order valence-corrected chi connectivity index (χ0v) is 10.0. The molecule has 1 aromatic carbocycles. The van der Waals surface area contributed by atoms with Crippen molar-refractivity contribution in [2.24, 2.45) is 0 Å². The van der Waals surface area contributed by atoms with E-state index >= 15 is 0 Å². The quantitative estimate of drug-likeness (QED) is 0.498. The van der Waals surface area contributed by atoms with Crippen LogP contribution in [0, 0.1) is 0 Å². The van der Waals surface area contributed by atoms with Gasteiger partial charge in [0.05, 0.1) is 6.42 Å². The third-order valence-corrected chi connectivity index (χ3v) is 2.34. The molecule has 1 aromatic rings. The molecule has 0 aromatic heterocycles. The number of allylic oxidation sites excluding steroid dienone is 1. The Morgan fingerprint density at radius 3 is 2.25 bits per heavy atom. The number of Topliss-reactive ketones (excluding diaryl/α,β-unsaturated/α-hetero) is 1. The van der Waals surface area contributed by atoms with E-state index in [9.17, 15) is 27.2 Å². The second kappa shape index (κ2) is 6.31. The van der Waals surface area contributed by atoms with Crippen molar-refractivity contribution < 1.29 is 32.3 Å². The first kappa shape index (κ1) is 15.9. The lowest BCUT2D eigenvalue weighted by atomic mass is 10.1. The third-order valence-electron chi connectivity index (χ3n) is 2.34. The first-order valence-corrected chi connectivity index (χ1v) is 5.42. The summed E-state index contributed by atoms with van der Waals surface area (Å²) < 4.78 is 49.0. The number of phenols is 1. The van der Waals surface area contributed by atoms with Crippen LogP contribution in [-0.2, 0) is 9.59 Å². The summed E-state index contributed by atoms with van der Waals surface area (Å²) in [4.78, 5) is 22.1. The Hall–Kier alpha value is -2.18. The number of phenolic OH excluding ortho intramolecular Hbond substituents is 1. The first-order valence-electron chi connectivity index (χ1n) is 5.42. The van der Waals surface area contributed by atoms with Gasteiger partial charge in [0, 0.05) is 0 Å². The van der Waals surface area contributed by atoms with E-state index in [-0.39, 0.29) is 5.75 Å². The van der Waals surface area contributed by atoms with E-state index in [0.29, 0.717) is 5.56 Å². The second-order valence-corrected chi connectivity index (χ2v) is 3.91. The molecule has 0 fully saturated rings. The normalized spacial score (nSPS) is 12.1. The van der Waals surface area contributed by atoms with Crippen LogP contribution in [-0.4, -0.2) is 29.0 Å². The predicted molar refractivity (Wildman–Crippen MR) is 62.7 cm³/mol. The van der Waals surface area contributed by atoms with Gasteiger partial charge in [-0.05, 0) is 23.8 Å². The molecule has 7 heteroatoms. The van der Waals surface area contributed by atoms with E-state index in [1.165, 1.54) is 30.3 Å². The van der Waals surface area contributed by atoms with Crippen LogP contribution in [0.15, 0.2) is 30.3 Å². The van der Waals surface area contributed by atoms with Gasteiger partial charge in [-0.1, -0.05) is 18.2 Å². The Bertz CT molecular complexity index is 521. The highest BCUT2D eigenvalue weighted by atomic mass is 19.3. The van der Waals surface area contributed by atoms with Crippen LogP contribution in [0.2, 0.25) is 0 Å². The molecule has 0 aliphatic rings. The minimum absolute atomic E-state index is 0.000213. The van der Waals surface area contributed by atoms with Gasteiger partial charge in [0.1, 0.15) is 5.75 Å². The summed E-state index contributed by atoms with van der Waals surface area (Å²) in [5.74, 6) is -7.95. The van der Waals surface area contributed by atoms with Crippen LogP contribution >= 0.6 is 0 Å². The predicted octanol–water partition coefficient (Wildman–Crippen LogP) is 2.83. The Morgan fingerprint density at radius 1 is 1.20 bits per heavy atom. The maximum Gasteiger partial charge on any atom is 0.364 e. The molecule has 0 saturated carbocycles. The van der Waals surface area contributed by atoms with E-state index < -0.39 is 30.3 Å². The van der Waals surface area contributed by atoms with Gasteiger partial charge < -0.3 is 5.11 Å². The monoisotopic (exact) mass is 290 g/mol. The molecule has 0 bridgehead atoms. The number of benzene rings is 1. The molecule has 0 atom stereocenters. The number of halogens is 4. The molecule has 108 valence electrons. The maximum absolute atomic E-state index is 12.6. The maximum atomic E-state index is 12.6. The summed E-state index contributed by atoms with van der Waals surface area (Å²) in [5, 5.41) is 9.00. The van der Waals surface area contributed by atoms with Crippen molar-refractivity contribution in [1.29, 1.82) is 0 Å². The third kappa shape index (κ3) is 4.18. The van der Waals surface area contributed by atoms with Gasteiger partial charge in [-0.15, -0.1) is 0 Å². The first-order chi connectivity index (χ1) is 9.23. The molecular formula is C13H10F4O3. The molecular weight excluding hydrogens is 280 g/mol. The topological polar surface area (TPSA) is 54.4 Å².